The van der Waals surface area contributed by atoms with Crippen LogP contribution in [-0.4, -0.2) is 18.7 Å². The third-order valence-corrected chi connectivity index (χ3v) is 4.66. The van der Waals surface area contributed by atoms with E-state index in [1.807, 2.05) is 55.5 Å². The highest BCUT2D eigenvalue weighted by Crippen LogP contribution is 2.15. The third kappa shape index (κ3) is 2.99. The summed E-state index contributed by atoms with van der Waals surface area (Å²) in [6, 6.07) is 17.3. The quantitative estimate of drug-likeness (QED) is 0.506. The lowest BCUT2D eigenvalue weighted by molar-refractivity contribution is 0.690. The Kier molecular flexibility index (Phi) is 4.53. The van der Waals surface area contributed by atoms with Crippen LogP contribution in [0.15, 0.2) is 83.2 Å². The van der Waals surface area contributed by atoms with Gasteiger partial charge in [0.2, 0.25) is 0 Å². The molecular weight excluding hydrogens is 352 g/mol. The first-order valence-electron chi connectivity index (χ1n) is 9.02. The standard InChI is InChI=1S/C22H20N4O2/c1-3-12-25-21(27)19-20(26(22(25)28)18-10-5-4-6-11-18)23-15-24(19)14-17-9-7-8-16(2)13-17/h3-11,13,15H,1,12,14H2,2H3. The van der Waals surface area contributed by atoms with Gasteiger partial charge in [-0.15, -0.1) is 6.58 Å². The average Bonchev–Trinajstić information content (AvgIpc) is 3.09. The van der Waals surface area contributed by atoms with E-state index >= 15 is 0 Å². The molecule has 4 rings (SSSR count). The van der Waals surface area contributed by atoms with E-state index in [0.717, 1.165) is 11.1 Å². The number of hydrogen-bond donors (Lipinski definition) is 0. The van der Waals surface area contributed by atoms with Crippen molar-refractivity contribution in [2.45, 2.75) is 20.0 Å². The summed E-state index contributed by atoms with van der Waals surface area (Å²) in [6.07, 6.45) is 3.16. The zero-order valence-corrected chi connectivity index (χ0v) is 15.6. The van der Waals surface area contributed by atoms with Crippen LogP contribution in [0.25, 0.3) is 16.9 Å². The van der Waals surface area contributed by atoms with Gasteiger partial charge < -0.3 is 4.57 Å². The average molecular weight is 372 g/mol. The Labute approximate surface area is 161 Å². The highest BCUT2D eigenvalue weighted by Gasteiger charge is 2.18. The van der Waals surface area contributed by atoms with Gasteiger partial charge in [0.05, 0.1) is 12.0 Å². The smallest absolute Gasteiger partial charge is 0.320 e. The van der Waals surface area contributed by atoms with Crippen LogP contribution in [-0.2, 0) is 13.1 Å². The summed E-state index contributed by atoms with van der Waals surface area (Å²) < 4.78 is 4.47. The highest BCUT2D eigenvalue weighted by atomic mass is 16.2. The molecule has 0 saturated heterocycles. The minimum Gasteiger partial charge on any atom is -0.320 e. The zero-order valence-electron chi connectivity index (χ0n) is 15.6. The molecule has 0 saturated carbocycles. The molecule has 0 N–H and O–H groups in total. The van der Waals surface area contributed by atoms with Crippen LogP contribution >= 0.6 is 0 Å². The molecule has 6 nitrogen and oxygen atoms in total. The maximum atomic E-state index is 13.1. The summed E-state index contributed by atoms with van der Waals surface area (Å²) in [4.78, 5) is 30.6. The van der Waals surface area contributed by atoms with Crippen LogP contribution in [0.4, 0.5) is 0 Å². The molecule has 0 amide bonds. The van der Waals surface area contributed by atoms with E-state index in [-0.39, 0.29) is 12.1 Å². The Morgan fingerprint density at radius 3 is 2.57 bits per heavy atom. The Morgan fingerprint density at radius 2 is 1.86 bits per heavy atom. The van der Waals surface area contributed by atoms with Gasteiger partial charge in [-0.25, -0.2) is 14.3 Å². The normalized spacial score (nSPS) is 11.0. The zero-order chi connectivity index (χ0) is 19.7. The van der Waals surface area contributed by atoms with Crippen molar-refractivity contribution in [3.63, 3.8) is 0 Å². The Bertz CT molecular complexity index is 1280. The highest BCUT2D eigenvalue weighted by molar-refractivity contribution is 5.72. The van der Waals surface area contributed by atoms with Gasteiger partial charge in [0, 0.05) is 13.1 Å². The molecule has 0 aliphatic heterocycles. The topological polar surface area (TPSA) is 61.8 Å². The SMILES string of the molecule is C=CCn1c(=O)c2c(ncn2Cc2cccc(C)c2)n(-c2ccccc2)c1=O. The molecule has 6 heteroatoms. The third-order valence-electron chi connectivity index (χ3n) is 4.66. The molecule has 28 heavy (non-hydrogen) atoms. The van der Waals surface area contributed by atoms with Gasteiger partial charge in [0.1, 0.15) is 0 Å². The Balaban J connectivity index is 2.00. The van der Waals surface area contributed by atoms with Crippen LogP contribution in [0.5, 0.6) is 0 Å². The molecule has 140 valence electrons. The summed E-state index contributed by atoms with van der Waals surface area (Å²) in [5.74, 6) is 0. The maximum absolute atomic E-state index is 13.1. The van der Waals surface area contributed by atoms with E-state index in [0.29, 0.717) is 23.4 Å². The Hall–Kier alpha value is -3.67. The van der Waals surface area contributed by atoms with Crippen molar-refractivity contribution in [2.24, 2.45) is 0 Å². The van der Waals surface area contributed by atoms with Crippen LogP contribution in [0, 0.1) is 6.92 Å². The van der Waals surface area contributed by atoms with Crippen molar-refractivity contribution in [1.82, 2.24) is 18.7 Å². The summed E-state index contributed by atoms with van der Waals surface area (Å²) in [5.41, 5.74) is 2.83. The van der Waals surface area contributed by atoms with E-state index in [1.54, 1.807) is 17.0 Å². The number of nitrogens with zero attached hydrogens (tertiary/aromatic N) is 4. The Morgan fingerprint density at radius 1 is 1.07 bits per heavy atom. The van der Waals surface area contributed by atoms with E-state index in [1.165, 1.54) is 9.13 Å². The molecule has 4 aromatic rings. The summed E-state index contributed by atoms with van der Waals surface area (Å²) in [7, 11) is 0. The first-order valence-corrected chi connectivity index (χ1v) is 9.02. The van der Waals surface area contributed by atoms with Gasteiger partial charge >= 0.3 is 5.69 Å². The van der Waals surface area contributed by atoms with E-state index in [2.05, 4.69) is 17.6 Å². The number of allylic oxidation sites excluding steroid dienone is 1. The van der Waals surface area contributed by atoms with Crippen molar-refractivity contribution in [1.29, 1.82) is 0 Å². The van der Waals surface area contributed by atoms with Crippen molar-refractivity contribution in [3.8, 4) is 5.69 Å². The van der Waals surface area contributed by atoms with E-state index in [4.69, 9.17) is 0 Å². The lowest BCUT2D eigenvalue weighted by Crippen LogP contribution is -2.39. The summed E-state index contributed by atoms with van der Waals surface area (Å²) in [6.45, 7) is 6.33. The fourth-order valence-electron chi connectivity index (χ4n) is 3.41. The van der Waals surface area contributed by atoms with E-state index < -0.39 is 5.69 Å². The number of imidazole rings is 1. The molecule has 0 radical (unpaired) electrons. The fourth-order valence-corrected chi connectivity index (χ4v) is 3.41. The first-order chi connectivity index (χ1) is 13.6. The number of hydrogen-bond acceptors (Lipinski definition) is 3. The van der Waals surface area contributed by atoms with Crippen molar-refractivity contribution < 1.29 is 0 Å². The van der Waals surface area contributed by atoms with Gasteiger partial charge in [0.15, 0.2) is 11.2 Å². The molecule has 0 bridgehead atoms. The number of benzene rings is 2. The summed E-state index contributed by atoms with van der Waals surface area (Å²) >= 11 is 0. The number of para-hydroxylation sites is 1. The van der Waals surface area contributed by atoms with Gasteiger partial charge in [-0.2, -0.15) is 0 Å². The minimum absolute atomic E-state index is 0.135. The maximum Gasteiger partial charge on any atom is 0.337 e. The molecule has 0 aliphatic carbocycles. The second-order valence-electron chi connectivity index (χ2n) is 6.69. The van der Waals surface area contributed by atoms with Gasteiger partial charge in [-0.1, -0.05) is 54.1 Å². The van der Waals surface area contributed by atoms with Gasteiger partial charge in [0.25, 0.3) is 5.56 Å². The number of rotatable bonds is 5. The van der Waals surface area contributed by atoms with Crippen molar-refractivity contribution in [2.75, 3.05) is 0 Å². The largest absolute Gasteiger partial charge is 0.337 e. The molecule has 2 heterocycles. The summed E-state index contributed by atoms with van der Waals surface area (Å²) in [5, 5.41) is 0. The second-order valence-corrected chi connectivity index (χ2v) is 6.69. The first kappa shape index (κ1) is 17.7. The molecule has 0 unspecified atom stereocenters. The number of aromatic nitrogens is 4. The lowest BCUT2D eigenvalue weighted by Gasteiger charge is -2.12. The molecular formula is C22H20N4O2. The second kappa shape index (κ2) is 7.15. The van der Waals surface area contributed by atoms with Gasteiger partial charge in [-0.3, -0.25) is 9.36 Å². The number of aryl methyl sites for hydroxylation is 1. The van der Waals surface area contributed by atoms with Crippen LogP contribution in [0.2, 0.25) is 0 Å². The van der Waals surface area contributed by atoms with Gasteiger partial charge in [-0.05, 0) is 24.6 Å². The van der Waals surface area contributed by atoms with Crippen LogP contribution < -0.4 is 11.2 Å². The van der Waals surface area contributed by atoms with E-state index in [9.17, 15) is 9.59 Å². The molecule has 0 aliphatic rings. The molecule has 2 aromatic heterocycles. The monoisotopic (exact) mass is 372 g/mol. The minimum atomic E-state index is -0.426. The molecule has 0 spiro atoms. The predicted octanol–water partition coefficient (Wildman–Crippen LogP) is 2.89. The molecule has 0 atom stereocenters. The van der Waals surface area contributed by atoms with Crippen LogP contribution in [0.3, 0.4) is 0 Å². The fraction of sp³-hybridized carbons (Fsp3) is 0.136. The molecule has 2 aromatic carbocycles. The van der Waals surface area contributed by atoms with Crippen molar-refractivity contribution in [3.05, 3.63) is 106 Å². The predicted molar refractivity (Wildman–Crippen MR) is 110 cm³/mol. The number of fused-ring (bicyclic) bond motifs is 1. The lowest BCUT2D eigenvalue weighted by atomic mass is 10.1. The van der Waals surface area contributed by atoms with Crippen LogP contribution in [0.1, 0.15) is 11.1 Å². The van der Waals surface area contributed by atoms with Crippen molar-refractivity contribution >= 4 is 11.2 Å². The molecule has 0 fully saturated rings.